The van der Waals surface area contributed by atoms with Crippen molar-refractivity contribution < 1.29 is 38.4 Å². The third-order valence-electron chi connectivity index (χ3n) is 4.78. The average molecular weight is 459 g/mol. The molecule has 33 heavy (non-hydrogen) atoms. The molecule has 9 nitrogen and oxygen atoms in total. The van der Waals surface area contributed by atoms with Gasteiger partial charge in [-0.05, 0) is 50.1 Å². The summed E-state index contributed by atoms with van der Waals surface area (Å²) in [4.78, 5) is 23.7. The van der Waals surface area contributed by atoms with Gasteiger partial charge in [-0.1, -0.05) is 12.1 Å². The molecule has 1 unspecified atom stereocenters. The molecule has 0 radical (unpaired) electrons. The number of nitrogens with one attached hydrogen (secondary N) is 1. The van der Waals surface area contributed by atoms with Crippen LogP contribution in [0.2, 0.25) is 0 Å². The lowest BCUT2D eigenvalue weighted by molar-refractivity contribution is -0.153. The maximum absolute atomic E-state index is 12.2. The van der Waals surface area contributed by atoms with Gasteiger partial charge in [0.15, 0.2) is 17.6 Å². The van der Waals surface area contributed by atoms with Crippen LogP contribution < -0.4 is 19.5 Å². The molecule has 0 saturated carbocycles. The van der Waals surface area contributed by atoms with Crippen molar-refractivity contribution in [3.63, 3.8) is 0 Å². The molecule has 0 bridgehead atoms. The molecule has 0 saturated heterocycles. The number of carbonyl (C=O) groups excluding carboxylic acids is 1. The van der Waals surface area contributed by atoms with E-state index in [1.807, 2.05) is 19.1 Å². The van der Waals surface area contributed by atoms with Crippen LogP contribution in [-0.4, -0.2) is 49.4 Å². The Bertz CT molecular complexity index is 975. The van der Waals surface area contributed by atoms with Crippen molar-refractivity contribution in [3.05, 3.63) is 47.5 Å². The minimum absolute atomic E-state index is 0.116. The largest absolute Gasteiger partial charge is 0.494 e. The van der Waals surface area contributed by atoms with Gasteiger partial charge in [0.1, 0.15) is 5.75 Å². The smallest absolute Gasteiger partial charge is 0.411 e. The van der Waals surface area contributed by atoms with Crippen LogP contribution in [-0.2, 0) is 27.1 Å². The fourth-order valence-corrected chi connectivity index (χ4v) is 3.37. The minimum atomic E-state index is -1.01. The quantitative estimate of drug-likeness (QED) is 0.518. The third kappa shape index (κ3) is 7.01. The fourth-order valence-electron chi connectivity index (χ4n) is 3.37. The summed E-state index contributed by atoms with van der Waals surface area (Å²) in [5.74, 6) is 0.841. The highest BCUT2D eigenvalue weighted by molar-refractivity contribution is 5.85. The van der Waals surface area contributed by atoms with Gasteiger partial charge in [0, 0.05) is 24.6 Å². The van der Waals surface area contributed by atoms with Crippen LogP contribution in [0, 0.1) is 0 Å². The number of carbonyl (C=O) groups is 2. The van der Waals surface area contributed by atoms with E-state index in [1.165, 1.54) is 0 Å². The van der Waals surface area contributed by atoms with Gasteiger partial charge in [0.05, 0.1) is 19.3 Å². The van der Waals surface area contributed by atoms with Crippen LogP contribution in [0.4, 0.5) is 10.5 Å². The van der Waals surface area contributed by atoms with E-state index in [9.17, 15) is 14.7 Å². The second-order valence-electron chi connectivity index (χ2n) is 7.67. The summed E-state index contributed by atoms with van der Waals surface area (Å²) in [6.07, 6.45) is -1.12. The van der Waals surface area contributed by atoms with Crippen molar-refractivity contribution >= 4 is 17.7 Å². The zero-order valence-corrected chi connectivity index (χ0v) is 19.0. The molecule has 0 spiro atoms. The molecule has 2 N–H and O–H groups in total. The van der Waals surface area contributed by atoms with Crippen molar-refractivity contribution in [2.45, 2.75) is 45.8 Å². The lowest BCUT2D eigenvalue weighted by atomic mass is 10.0. The number of ether oxygens (including phenoxy) is 5. The maximum Gasteiger partial charge on any atom is 0.411 e. The van der Waals surface area contributed by atoms with Crippen molar-refractivity contribution in [2.24, 2.45) is 0 Å². The molecule has 0 aliphatic carbocycles. The topological polar surface area (TPSA) is 113 Å². The zero-order valence-electron chi connectivity index (χ0n) is 19.0. The number of aliphatic carboxylic acids is 1. The van der Waals surface area contributed by atoms with E-state index < -0.39 is 18.2 Å². The molecule has 1 heterocycles. The van der Waals surface area contributed by atoms with Crippen molar-refractivity contribution in [1.82, 2.24) is 0 Å². The molecule has 0 fully saturated rings. The lowest BCUT2D eigenvalue weighted by Gasteiger charge is -2.18. The Hall–Kier alpha value is -3.46. The molecule has 2 aromatic carbocycles. The van der Waals surface area contributed by atoms with Crippen LogP contribution in [0.3, 0.4) is 0 Å². The highest BCUT2D eigenvalue weighted by Crippen LogP contribution is 2.34. The Morgan fingerprint density at radius 1 is 1.12 bits per heavy atom. The first kappa shape index (κ1) is 24.2. The zero-order chi connectivity index (χ0) is 23.8. The van der Waals surface area contributed by atoms with Crippen LogP contribution >= 0.6 is 0 Å². The Morgan fingerprint density at radius 3 is 2.64 bits per heavy atom. The number of hydrogen-bond acceptors (Lipinski definition) is 7. The molecule has 1 amide bonds. The van der Waals surface area contributed by atoms with E-state index in [0.29, 0.717) is 36.0 Å². The molecule has 1 aliphatic heterocycles. The highest BCUT2D eigenvalue weighted by Gasteiger charge is 2.21. The third-order valence-corrected chi connectivity index (χ3v) is 4.78. The van der Waals surface area contributed by atoms with Gasteiger partial charge in [-0.15, -0.1) is 0 Å². The summed E-state index contributed by atoms with van der Waals surface area (Å²) >= 11 is 0. The van der Waals surface area contributed by atoms with Gasteiger partial charge in [0.25, 0.3) is 0 Å². The number of hydrogen-bond donors (Lipinski definition) is 2. The van der Waals surface area contributed by atoms with Crippen LogP contribution in [0.1, 0.15) is 31.9 Å². The standard InChI is InChI=1S/C24H29NO8/c1-4-29-19-7-5-16(12-22(23(26)27)33-15(2)3)11-17(19)9-10-30-24(28)25-18-6-8-20-21(13-18)32-14-31-20/h5-8,11,13,15,22H,4,9-10,12,14H2,1-3H3,(H,25,28)(H,26,27). The normalized spacial score (nSPS) is 13.0. The number of rotatable bonds is 11. The van der Waals surface area contributed by atoms with E-state index in [1.54, 1.807) is 38.1 Å². The second-order valence-corrected chi connectivity index (χ2v) is 7.67. The van der Waals surface area contributed by atoms with Crippen LogP contribution in [0.15, 0.2) is 36.4 Å². The molecular weight excluding hydrogens is 430 g/mol. The number of carboxylic acids is 1. The SMILES string of the molecule is CCOc1ccc(CC(OC(C)C)C(=O)O)cc1CCOC(=O)Nc1ccc2c(c1)OCO2. The van der Waals surface area contributed by atoms with Gasteiger partial charge in [0.2, 0.25) is 6.79 Å². The number of anilines is 1. The molecule has 9 heteroatoms. The monoisotopic (exact) mass is 459 g/mol. The van der Waals surface area contributed by atoms with E-state index in [0.717, 1.165) is 11.1 Å². The van der Waals surface area contributed by atoms with Crippen molar-refractivity contribution in [1.29, 1.82) is 0 Å². The number of benzene rings is 2. The van der Waals surface area contributed by atoms with E-state index >= 15 is 0 Å². The molecule has 1 atom stereocenters. The van der Waals surface area contributed by atoms with E-state index in [-0.39, 0.29) is 25.9 Å². The predicted molar refractivity (Wildman–Crippen MR) is 120 cm³/mol. The number of fused-ring (bicyclic) bond motifs is 1. The first-order valence-corrected chi connectivity index (χ1v) is 10.8. The summed E-state index contributed by atoms with van der Waals surface area (Å²) in [5, 5.41) is 12.1. The van der Waals surface area contributed by atoms with Gasteiger partial charge in [-0.3, -0.25) is 5.32 Å². The number of carboxylic acid groups (broad SMARTS) is 1. The summed E-state index contributed by atoms with van der Waals surface area (Å²) < 4.78 is 27.0. The summed E-state index contributed by atoms with van der Waals surface area (Å²) in [6, 6.07) is 10.6. The first-order valence-electron chi connectivity index (χ1n) is 10.8. The fraction of sp³-hybridized carbons (Fsp3) is 0.417. The van der Waals surface area contributed by atoms with Gasteiger partial charge in [-0.2, -0.15) is 0 Å². The van der Waals surface area contributed by atoms with E-state index in [2.05, 4.69) is 5.32 Å². The van der Waals surface area contributed by atoms with E-state index in [4.69, 9.17) is 23.7 Å². The molecule has 3 rings (SSSR count). The lowest BCUT2D eigenvalue weighted by Crippen LogP contribution is -2.29. The van der Waals surface area contributed by atoms with Crippen molar-refractivity contribution in [3.8, 4) is 17.2 Å². The predicted octanol–water partition coefficient (Wildman–Crippen LogP) is 4.03. The van der Waals surface area contributed by atoms with Crippen molar-refractivity contribution in [2.75, 3.05) is 25.3 Å². The second kappa shape index (κ2) is 11.4. The molecule has 1 aliphatic rings. The van der Waals surface area contributed by atoms with Crippen LogP contribution in [0.25, 0.3) is 0 Å². The Morgan fingerprint density at radius 2 is 1.91 bits per heavy atom. The highest BCUT2D eigenvalue weighted by atomic mass is 16.7. The Kier molecular flexibility index (Phi) is 8.37. The van der Waals surface area contributed by atoms with Crippen LogP contribution in [0.5, 0.6) is 17.2 Å². The molecular formula is C24H29NO8. The number of amides is 1. The minimum Gasteiger partial charge on any atom is -0.494 e. The first-order chi connectivity index (χ1) is 15.9. The summed E-state index contributed by atoms with van der Waals surface area (Å²) in [6.45, 7) is 6.22. The average Bonchev–Trinajstić information content (AvgIpc) is 3.22. The molecule has 178 valence electrons. The summed E-state index contributed by atoms with van der Waals surface area (Å²) in [5.41, 5.74) is 2.15. The maximum atomic E-state index is 12.2. The van der Waals surface area contributed by atoms with Gasteiger partial charge < -0.3 is 28.8 Å². The molecule has 2 aromatic rings. The Balaban J connectivity index is 1.59. The Labute approximate surface area is 192 Å². The van der Waals surface area contributed by atoms with Gasteiger partial charge in [-0.25, -0.2) is 9.59 Å². The molecule has 0 aromatic heterocycles. The van der Waals surface area contributed by atoms with Gasteiger partial charge >= 0.3 is 12.1 Å². The summed E-state index contributed by atoms with van der Waals surface area (Å²) in [7, 11) is 0.